The molecule has 3 nitrogen and oxygen atoms in total. The molecule has 17 heavy (non-hydrogen) atoms. The molecule has 0 radical (unpaired) electrons. The molecule has 1 aromatic rings. The van der Waals surface area contributed by atoms with Gasteiger partial charge in [-0.05, 0) is 38.3 Å². The number of methoxy groups -OCH3 is 1. The molecule has 1 N–H and O–H groups in total. The van der Waals surface area contributed by atoms with Crippen LogP contribution in [0.4, 0.5) is 0 Å². The maximum Gasteiger partial charge on any atom is 0.330 e. The molecule has 3 heteroatoms. The van der Waals surface area contributed by atoms with E-state index in [9.17, 15) is 4.79 Å². The second-order valence-electron chi connectivity index (χ2n) is 5.46. The lowest BCUT2D eigenvalue weighted by Crippen LogP contribution is -2.60. The molecule has 0 bridgehead atoms. The Morgan fingerprint density at radius 1 is 1.29 bits per heavy atom. The molecule has 1 unspecified atom stereocenters. The molecule has 0 amide bonds. The Balaban J connectivity index is 2.57. The van der Waals surface area contributed by atoms with Crippen LogP contribution in [0, 0.1) is 0 Å². The van der Waals surface area contributed by atoms with Crippen LogP contribution in [0.1, 0.15) is 31.9 Å². The molecular formula is C14H19NO2. The van der Waals surface area contributed by atoms with E-state index in [0.717, 1.165) is 12.0 Å². The van der Waals surface area contributed by atoms with Gasteiger partial charge in [0.15, 0.2) is 0 Å². The van der Waals surface area contributed by atoms with E-state index in [2.05, 4.69) is 25.2 Å². The van der Waals surface area contributed by atoms with Crippen molar-refractivity contribution in [2.45, 2.75) is 38.3 Å². The van der Waals surface area contributed by atoms with Crippen LogP contribution >= 0.6 is 0 Å². The van der Waals surface area contributed by atoms with Gasteiger partial charge in [-0.25, -0.2) is 4.79 Å². The molecule has 92 valence electrons. The standard InChI is InChI=1S/C14H19NO2/c1-13(2)9-10-7-5-6-8-11(10)14(3,15-13)12(16)17-4/h5-8,15H,9H2,1-4H3. The molecule has 2 rings (SSSR count). The molecule has 1 aromatic carbocycles. The van der Waals surface area contributed by atoms with Crippen LogP contribution in [0.5, 0.6) is 0 Å². The molecule has 0 saturated heterocycles. The van der Waals surface area contributed by atoms with Crippen molar-refractivity contribution in [3.63, 3.8) is 0 Å². The molecule has 1 aliphatic heterocycles. The summed E-state index contributed by atoms with van der Waals surface area (Å²) in [6, 6.07) is 8.05. The van der Waals surface area contributed by atoms with Gasteiger partial charge in [0.25, 0.3) is 0 Å². The largest absolute Gasteiger partial charge is 0.467 e. The average molecular weight is 233 g/mol. The predicted molar refractivity (Wildman–Crippen MR) is 66.7 cm³/mol. The van der Waals surface area contributed by atoms with Gasteiger partial charge in [0, 0.05) is 5.54 Å². The van der Waals surface area contributed by atoms with Crippen molar-refractivity contribution < 1.29 is 9.53 Å². The number of carbonyl (C=O) groups is 1. The highest BCUT2D eigenvalue weighted by atomic mass is 16.5. The van der Waals surface area contributed by atoms with Gasteiger partial charge in [-0.3, -0.25) is 5.32 Å². The summed E-state index contributed by atoms with van der Waals surface area (Å²) in [5.41, 5.74) is 1.36. The number of hydrogen-bond acceptors (Lipinski definition) is 3. The van der Waals surface area contributed by atoms with E-state index < -0.39 is 5.54 Å². The van der Waals surface area contributed by atoms with Crippen LogP contribution in [0.15, 0.2) is 24.3 Å². The van der Waals surface area contributed by atoms with Gasteiger partial charge >= 0.3 is 5.97 Å². The fourth-order valence-electron chi connectivity index (χ4n) is 2.79. The van der Waals surface area contributed by atoms with Crippen molar-refractivity contribution in [3.05, 3.63) is 35.4 Å². The van der Waals surface area contributed by atoms with Gasteiger partial charge in [-0.1, -0.05) is 24.3 Å². The number of hydrogen-bond donors (Lipinski definition) is 1. The van der Waals surface area contributed by atoms with Gasteiger partial charge in [-0.2, -0.15) is 0 Å². The van der Waals surface area contributed by atoms with E-state index in [-0.39, 0.29) is 11.5 Å². The lowest BCUT2D eigenvalue weighted by atomic mass is 9.77. The second kappa shape index (κ2) is 3.84. The van der Waals surface area contributed by atoms with E-state index >= 15 is 0 Å². The topological polar surface area (TPSA) is 38.3 Å². The highest BCUT2D eigenvalue weighted by Gasteiger charge is 2.45. The fourth-order valence-corrected chi connectivity index (χ4v) is 2.79. The zero-order chi connectivity index (χ0) is 12.7. The fraction of sp³-hybridized carbons (Fsp3) is 0.500. The summed E-state index contributed by atoms with van der Waals surface area (Å²) < 4.78 is 4.94. The number of ether oxygens (including phenoxy) is 1. The van der Waals surface area contributed by atoms with Crippen LogP contribution in [0.2, 0.25) is 0 Å². The zero-order valence-electron chi connectivity index (χ0n) is 10.8. The van der Waals surface area contributed by atoms with E-state index in [1.54, 1.807) is 0 Å². The van der Waals surface area contributed by atoms with Crippen molar-refractivity contribution in [1.82, 2.24) is 5.32 Å². The van der Waals surface area contributed by atoms with Gasteiger partial charge in [0.2, 0.25) is 0 Å². The lowest BCUT2D eigenvalue weighted by molar-refractivity contribution is -0.149. The molecule has 1 heterocycles. The van der Waals surface area contributed by atoms with Crippen molar-refractivity contribution in [1.29, 1.82) is 0 Å². The van der Waals surface area contributed by atoms with Crippen LogP contribution in [-0.2, 0) is 21.5 Å². The molecular weight excluding hydrogens is 214 g/mol. The van der Waals surface area contributed by atoms with E-state index in [1.165, 1.54) is 12.7 Å². The third-order valence-electron chi connectivity index (χ3n) is 3.37. The van der Waals surface area contributed by atoms with Gasteiger partial charge in [0.1, 0.15) is 5.54 Å². The number of carbonyl (C=O) groups excluding carboxylic acids is 1. The molecule has 0 spiro atoms. The second-order valence-corrected chi connectivity index (χ2v) is 5.46. The minimum absolute atomic E-state index is 0.114. The smallest absolute Gasteiger partial charge is 0.330 e. The number of esters is 1. The molecule has 0 aromatic heterocycles. The lowest BCUT2D eigenvalue weighted by Gasteiger charge is -2.43. The summed E-state index contributed by atoms with van der Waals surface area (Å²) in [7, 11) is 1.43. The maximum atomic E-state index is 12.1. The third-order valence-corrected chi connectivity index (χ3v) is 3.37. The van der Waals surface area contributed by atoms with Crippen molar-refractivity contribution in [2.24, 2.45) is 0 Å². The van der Waals surface area contributed by atoms with E-state index in [0.29, 0.717) is 0 Å². The zero-order valence-corrected chi connectivity index (χ0v) is 10.8. The molecule has 0 saturated carbocycles. The Morgan fingerprint density at radius 3 is 2.59 bits per heavy atom. The Hall–Kier alpha value is -1.35. The Morgan fingerprint density at radius 2 is 1.94 bits per heavy atom. The van der Waals surface area contributed by atoms with Crippen molar-refractivity contribution >= 4 is 5.97 Å². The van der Waals surface area contributed by atoms with E-state index in [4.69, 9.17) is 4.74 Å². The first-order valence-electron chi connectivity index (χ1n) is 5.85. The summed E-state index contributed by atoms with van der Waals surface area (Å²) >= 11 is 0. The monoisotopic (exact) mass is 233 g/mol. The summed E-state index contributed by atoms with van der Waals surface area (Å²) in [6.07, 6.45) is 0.912. The maximum absolute atomic E-state index is 12.1. The molecule has 1 aliphatic rings. The minimum Gasteiger partial charge on any atom is -0.467 e. The third kappa shape index (κ3) is 1.95. The first kappa shape index (κ1) is 12.1. The van der Waals surface area contributed by atoms with Gasteiger partial charge < -0.3 is 4.74 Å². The summed E-state index contributed by atoms with van der Waals surface area (Å²) in [6.45, 7) is 6.09. The van der Waals surface area contributed by atoms with Crippen LogP contribution in [0.3, 0.4) is 0 Å². The summed E-state index contributed by atoms with van der Waals surface area (Å²) in [5, 5.41) is 3.40. The number of benzene rings is 1. The summed E-state index contributed by atoms with van der Waals surface area (Å²) in [5.74, 6) is -0.238. The quantitative estimate of drug-likeness (QED) is 0.754. The Labute approximate surface area is 102 Å². The highest BCUT2D eigenvalue weighted by molar-refractivity contribution is 5.83. The Bertz CT molecular complexity index is 453. The van der Waals surface area contributed by atoms with E-state index in [1.807, 2.05) is 25.1 Å². The van der Waals surface area contributed by atoms with Crippen LogP contribution in [-0.4, -0.2) is 18.6 Å². The average Bonchev–Trinajstić information content (AvgIpc) is 2.26. The normalized spacial score (nSPS) is 26.1. The number of fused-ring (bicyclic) bond motifs is 1. The SMILES string of the molecule is COC(=O)C1(C)NC(C)(C)Cc2ccccc21. The minimum atomic E-state index is -0.757. The summed E-state index contributed by atoms with van der Waals surface area (Å²) in [4.78, 5) is 12.1. The number of nitrogens with one attached hydrogen (secondary N) is 1. The first-order chi connectivity index (χ1) is 7.89. The highest BCUT2D eigenvalue weighted by Crippen LogP contribution is 2.35. The first-order valence-corrected chi connectivity index (χ1v) is 5.85. The van der Waals surface area contributed by atoms with Crippen molar-refractivity contribution in [3.8, 4) is 0 Å². The van der Waals surface area contributed by atoms with Crippen molar-refractivity contribution in [2.75, 3.05) is 7.11 Å². The van der Waals surface area contributed by atoms with Gasteiger partial charge in [-0.15, -0.1) is 0 Å². The molecule has 1 atom stereocenters. The number of rotatable bonds is 1. The predicted octanol–water partition coefficient (Wildman–Crippen LogP) is 2.00. The van der Waals surface area contributed by atoms with Crippen LogP contribution < -0.4 is 5.32 Å². The molecule has 0 aliphatic carbocycles. The Kier molecular flexibility index (Phi) is 2.74. The van der Waals surface area contributed by atoms with Gasteiger partial charge in [0.05, 0.1) is 7.11 Å². The molecule has 0 fully saturated rings. The van der Waals surface area contributed by atoms with Crippen LogP contribution in [0.25, 0.3) is 0 Å².